The average Bonchev–Trinajstić information content (AvgIpc) is 3.38. The summed E-state index contributed by atoms with van der Waals surface area (Å²) in [5.41, 5.74) is 1.34. The van der Waals surface area contributed by atoms with E-state index in [0.717, 1.165) is 24.9 Å². The Morgan fingerprint density at radius 2 is 1.96 bits per heavy atom. The number of carbonyl (C=O) groups is 1. The molecule has 2 saturated heterocycles. The minimum Gasteiger partial charge on any atom is -0.365 e. The molecule has 5 rings (SSSR count). The van der Waals surface area contributed by atoms with E-state index in [1.807, 2.05) is 18.4 Å². The SMILES string of the molecule is CC1(C)OC2[C@@H](O1)[C@@H](C=O)O[C@H]2n1cnc2c(NC3CCCC3)ncnc21. The zero-order valence-electron chi connectivity index (χ0n) is 15.4. The maximum atomic E-state index is 11.5. The number of nitrogens with one attached hydrogen (secondary N) is 1. The normalized spacial score (nSPS) is 32.8. The van der Waals surface area contributed by atoms with Crippen LogP contribution in [0.25, 0.3) is 11.2 Å². The molecule has 4 atom stereocenters. The van der Waals surface area contributed by atoms with E-state index in [9.17, 15) is 4.79 Å². The highest BCUT2D eigenvalue weighted by Gasteiger charge is 2.56. The fraction of sp³-hybridized carbons (Fsp3) is 0.667. The molecule has 2 aromatic heterocycles. The summed E-state index contributed by atoms with van der Waals surface area (Å²) in [4.78, 5) is 24.8. The molecule has 0 bridgehead atoms. The second-order valence-corrected chi connectivity index (χ2v) is 7.86. The van der Waals surface area contributed by atoms with Crippen molar-refractivity contribution in [1.29, 1.82) is 0 Å². The molecule has 1 N–H and O–H groups in total. The van der Waals surface area contributed by atoms with Crippen molar-refractivity contribution in [2.24, 2.45) is 0 Å². The number of fused-ring (bicyclic) bond motifs is 2. The lowest BCUT2D eigenvalue weighted by Crippen LogP contribution is -2.30. The number of ether oxygens (including phenoxy) is 3. The van der Waals surface area contributed by atoms with Crippen LogP contribution in [0.2, 0.25) is 0 Å². The summed E-state index contributed by atoms with van der Waals surface area (Å²) >= 11 is 0. The number of nitrogens with zero attached hydrogens (tertiary/aromatic N) is 4. The van der Waals surface area contributed by atoms with E-state index in [1.54, 1.807) is 6.33 Å². The topological polar surface area (TPSA) is 100 Å². The zero-order valence-corrected chi connectivity index (χ0v) is 15.4. The molecule has 0 radical (unpaired) electrons. The van der Waals surface area contributed by atoms with Gasteiger partial charge in [-0.3, -0.25) is 4.57 Å². The molecule has 0 amide bonds. The summed E-state index contributed by atoms with van der Waals surface area (Å²) in [6.45, 7) is 3.67. The van der Waals surface area contributed by atoms with E-state index < -0.39 is 30.3 Å². The first-order chi connectivity index (χ1) is 13.1. The molecule has 3 aliphatic rings. The Balaban J connectivity index is 1.49. The summed E-state index contributed by atoms with van der Waals surface area (Å²) < 4.78 is 19.6. The molecule has 2 aromatic rings. The van der Waals surface area contributed by atoms with Crippen LogP contribution in [0, 0.1) is 0 Å². The van der Waals surface area contributed by atoms with Gasteiger partial charge in [-0.1, -0.05) is 12.8 Å². The highest BCUT2D eigenvalue weighted by atomic mass is 16.8. The number of aldehydes is 1. The van der Waals surface area contributed by atoms with Gasteiger partial charge in [0.15, 0.2) is 35.3 Å². The maximum Gasteiger partial charge on any atom is 0.167 e. The van der Waals surface area contributed by atoms with Gasteiger partial charge in [-0.25, -0.2) is 15.0 Å². The standard InChI is InChI=1S/C18H23N5O4/c1-18(2)26-13-11(7-24)25-17(14(13)27-18)23-9-21-12-15(19-8-20-16(12)23)22-10-5-3-4-6-10/h7-11,13-14,17H,3-6H2,1-2H3,(H,19,20,22)/t11-,13+,14?,17-/m1/s1. The van der Waals surface area contributed by atoms with Gasteiger partial charge in [0, 0.05) is 6.04 Å². The minimum atomic E-state index is -0.765. The predicted molar refractivity (Wildman–Crippen MR) is 95.0 cm³/mol. The Labute approximate surface area is 156 Å². The van der Waals surface area contributed by atoms with Crippen LogP contribution >= 0.6 is 0 Å². The number of hydrogen-bond donors (Lipinski definition) is 1. The lowest BCUT2D eigenvalue weighted by Gasteiger charge is -2.23. The van der Waals surface area contributed by atoms with Crippen LogP contribution in [0.3, 0.4) is 0 Å². The van der Waals surface area contributed by atoms with Gasteiger partial charge in [0.25, 0.3) is 0 Å². The Kier molecular flexibility index (Phi) is 3.92. The zero-order chi connectivity index (χ0) is 18.6. The molecule has 4 heterocycles. The van der Waals surface area contributed by atoms with Crippen molar-refractivity contribution in [3.05, 3.63) is 12.7 Å². The number of hydrogen-bond acceptors (Lipinski definition) is 8. The monoisotopic (exact) mass is 373 g/mol. The molecule has 0 aromatic carbocycles. The summed E-state index contributed by atoms with van der Waals surface area (Å²) in [6.07, 6.45) is 6.64. The van der Waals surface area contributed by atoms with Crippen LogP contribution in [0.15, 0.2) is 12.7 Å². The fourth-order valence-electron chi connectivity index (χ4n) is 4.35. The van der Waals surface area contributed by atoms with E-state index in [4.69, 9.17) is 14.2 Å². The average molecular weight is 373 g/mol. The van der Waals surface area contributed by atoms with Gasteiger partial charge in [0.1, 0.15) is 24.6 Å². The first-order valence-electron chi connectivity index (χ1n) is 9.46. The second-order valence-electron chi connectivity index (χ2n) is 7.86. The third-order valence-electron chi connectivity index (χ3n) is 5.53. The smallest absolute Gasteiger partial charge is 0.167 e. The van der Waals surface area contributed by atoms with Crippen molar-refractivity contribution in [2.45, 2.75) is 75.9 Å². The molecular weight excluding hydrogens is 350 g/mol. The van der Waals surface area contributed by atoms with E-state index in [-0.39, 0.29) is 0 Å². The molecule has 9 heteroatoms. The van der Waals surface area contributed by atoms with Gasteiger partial charge < -0.3 is 24.3 Å². The number of aromatic nitrogens is 4. The highest BCUT2D eigenvalue weighted by Crippen LogP contribution is 2.43. The van der Waals surface area contributed by atoms with Crippen LogP contribution in [0.1, 0.15) is 45.8 Å². The summed E-state index contributed by atoms with van der Waals surface area (Å²) in [5, 5.41) is 3.49. The second kappa shape index (κ2) is 6.22. The van der Waals surface area contributed by atoms with Crippen molar-refractivity contribution in [3.63, 3.8) is 0 Å². The fourth-order valence-corrected chi connectivity index (χ4v) is 4.35. The molecule has 1 aliphatic carbocycles. The van der Waals surface area contributed by atoms with Crippen LogP contribution in [0.5, 0.6) is 0 Å². The van der Waals surface area contributed by atoms with Gasteiger partial charge in [-0.05, 0) is 26.7 Å². The number of rotatable bonds is 4. The lowest BCUT2D eigenvalue weighted by molar-refractivity contribution is -0.194. The molecular formula is C18H23N5O4. The molecule has 2 aliphatic heterocycles. The largest absolute Gasteiger partial charge is 0.365 e. The first kappa shape index (κ1) is 17.0. The quantitative estimate of drug-likeness (QED) is 0.810. The molecule has 0 spiro atoms. The van der Waals surface area contributed by atoms with E-state index in [1.165, 1.54) is 19.2 Å². The highest BCUT2D eigenvalue weighted by molar-refractivity contribution is 5.82. The third-order valence-corrected chi connectivity index (χ3v) is 5.53. The van der Waals surface area contributed by atoms with Gasteiger partial charge in [-0.15, -0.1) is 0 Å². The third kappa shape index (κ3) is 2.81. The van der Waals surface area contributed by atoms with Crippen molar-refractivity contribution < 1.29 is 19.0 Å². The van der Waals surface area contributed by atoms with Gasteiger partial charge in [0.05, 0.1) is 6.33 Å². The first-order valence-corrected chi connectivity index (χ1v) is 9.46. The minimum absolute atomic E-state index is 0.409. The van der Waals surface area contributed by atoms with E-state index in [2.05, 4.69) is 20.3 Å². The Bertz CT molecular complexity index is 863. The van der Waals surface area contributed by atoms with Crippen molar-refractivity contribution in [2.75, 3.05) is 5.32 Å². The number of carbonyl (C=O) groups excluding carboxylic acids is 1. The predicted octanol–water partition coefficient (Wildman–Crippen LogP) is 1.80. The van der Waals surface area contributed by atoms with Gasteiger partial charge >= 0.3 is 0 Å². The van der Waals surface area contributed by atoms with Crippen LogP contribution in [-0.2, 0) is 19.0 Å². The molecule has 9 nitrogen and oxygen atoms in total. The van der Waals surface area contributed by atoms with Crippen LogP contribution in [-0.4, -0.2) is 55.9 Å². The molecule has 3 fully saturated rings. The van der Waals surface area contributed by atoms with E-state index in [0.29, 0.717) is 17.2 Å². The van der Waals surface area contributed by atoms with Crippen LogP contribution < -0.4 is 5.32 Å². The Hall–Kier alpha value is -2.10. The molecule has 1 saturated carbocycles. The van der Waals surface area contributed by atoms with Crippen molar-refractivity contribution in [1.82, 2.24) is 19.5 Å². The Morgan fingerprint density at radius 1 is 1.19 bits per heavy atom. The van der Waals surface area contributed by atoms with Crippen molar-refractivity contribution in [3.8, 4) is 0 Å². The lowest BCUT2D eigenvalue weighted by atomic mass is 10.1. The molecule has 1 unspecified atom stereocenters. The maximum absolute atomic E-state index is 11.5. The van der Waals surface area contributed by atoms with Gasteiger partial charge in [0.2, 0.25) is 0 Å². The Morgan fingerprint density at radius 3 is 2.74 bits per heavy atom. The van der Waals surface area contributed by atoms with Crippen molar-refractivity contribution >= 4 is 23.3 Å². The van der Waals surface area contributed by atoms with E-state index >= 15 is 0 Å². The summed E-state index contributed by atoms with van der Waals surface area (Å²) in [5.74, 6) is -0.0322. The molecule has 27 heavy (non-hydrogen) atoms. The molecule has 144 valence electrons. The number of anilines is 1. The van der Waals surface area contributed by atoms with Gasteiger partial charge in [-0.2, -0.15) is 0 Å². The number of imidazole rings is 1. The summed E-state index contributed by atoms with van der Waals surface area (Å²) in [6, 6.07) is 0.423. The summed E-state index contributed by atoms with van der Waals surface area (Å²) in [7, 11) is 0. The van der Waals surface area contributed by atoms with Crippen LogP contribution in [0.4, 0.5) is 5.82 Å².